The van der Waals surface area contributed by atoms with Gasteiger partial charge in [0.2, 0.25) is 0 Å². The smallest absolute Gasteiger partial charge is 0.0101 e. The summed E-state index contributed by atoms with van der Waals surface area (Å²) in [5.41, 5.74) is 2.77. The van der Waals surface area contributed by atoms with E-state index < -0.39 is 0 Å². The number of hydrogen-bond acceptors (Lipinski definition) is 2. The van der Waals surface area contributed by atoms with Crippen molar-refractivity contribution in [2.45, 2.75) is 57.9 Å². The Bertz CT molecular complexity index is 349. The fraction of sp³-hybridized carbons (Fsp3) is 0.625. The molecule has 18 heavy (non-hydrogen) atoms. The van der Waals surface area contributed by atoms with Crippen LogP contribution in [0.5, 0.6) is 0 Å². The fourth-order valence-electron chi connectivity index (χ4n) is 2.21. The average Bonchev–Trinajstić information content (AvgIpc) is 2.35. The van der Waals surface area contributed by atoms with Crippen molar-refractivity contribution in [3.63, 3.8) is 0 Å². The quantitative estimate of drug-likeness (QED) is 0.546. The van der Waals surface area contributed by atoms with E-state index in [1.807, 2.05) is 11.8 Å². The Hall–Kier alpha value is -0.470. The topological polar surface area (TPSA) is 12.0 Å². The highest BCUT2D eigenvalue weighted by molar-refractivity contribution is 7.99. The highest BCUT2D eigenvalue weighted by Gasteiger charge is 2.04. The van der Waals surface area contributed by atoms with Crippen molar-refractivity contribution >= 4 is 11.8 Å². The normalized spacial score (nSPS) is 12.7. The van der Waals surface area contributed by atoms with Gasteiger partial charge in [0.05, 0.1) is 0 Å². The zero-order valence-electron chi connectivity index (χ0n) is 12.3. The summed E-state index contributed by atoms with van der Waals surface area (Å²) in [7, 11) is 0. The van der Waals surface area contributed by atoms with Crippen LogP contribution in [0.15, 0.2) is 23.1 Å². The molecule has 0 bridgehead atoms. The lowest BCUT2D eigenvalue weighted by Crippen LogP contribution is -2.28. The van der Waals surface area contributed by atoms with Gasteiger partial charge in [0.25, 0.3) is 0 Å². The first-order valence-electron chi connectivity index (χ1n) is 7.10. The monoisotopic (exact) mass is 265 g/mol. The summed E-state index contributed by atoms with van der Waals surface area (Å²) in [5, 5.41) is 3.54. The fourth-order valence-corrected chi connectivity index (χ4v) is 3.19. The lowest BCUT2D eigenvalue weighted by atomic mass is 10.1. The minimum Gasteiger partial charge on any atom is -0.314 e. The predicted octanol–water partition coefficient (Wildman–Crippen LogP) is 4.56. The third kappa shape index (κ3) is 5.45. The molecule has 1 unspecified atom stereocenters. The van der Waals surface area contributed by atoms with Crippen molar-refractivity contribution in [3.8, 4) is 0 Å². The zero-order valence-corrected chi connectivity index (χ0v) is 13.1. The van der Waals surface area contributed by atoms with Gasteiger partial charge in [-0.15, -0.1) is 11.8 Å². The Morgan fingerprint density at radius 2 is 2.00 bits per heavy atom. The van der Waals surface area contributed by atoms with E-state index >= 15 is 0 Å². The molecule has 1 rings (SSSR count). The second-order valence-corrected chi connectivity index (χ2v) is 6.06. The minimum atomic E-state index is 0.703. The maximum absolute atomic E-state index is 3.54. The third-order valence-corrected chi connectivity index (χ3v) is 4.53. The molecule has 102 valence electrons. The van der Waals surface area contributed by atoms with Crippen LogP contribution in [0.1, 0.15) is 44.2 Å². The van der Waals surface area contributed by atoms with Gasteiger partial charge in [0, 0.05) is 10.9 Å². The Morgan fingerprint density at radius 3 is 2.61 bits per heavy atom. The molecule has 1 aromatic rings. The Labute approximate surface area is 117 Å². The molecular formula is C16H27NS. The molecule has 0 fully saturated rings. The van der Waals surface area contributed by atoms with Gasteiger partial charge in [-0.3, -0.25) is 0 Å². The van der Waals surface area contributed by atoms with Gasteiger partial charge >= 0.3 is 0 Å². The lowest BCUT2D eigenvalue weighted by Gasteiger charge is -2.15. The van der Waals surface area contributed by atoms with E-state index in [2.05, 4.69) is 51.2 Å². The molecule has 0 aliphatic heterocycles. The third-order valence-electron chi connectivity index (χ3n) is 3.27. The first-order chi connectivity index (χ1) is 8.67. The largest absolute Gasteiger partial charge is 0.314 e. The maximum atomic E-state index is 3.54. The number of nitrogens with one attached hydrogen (secondary N) is 1. The van der Waals surface area contributed by atoms with E-state index in [4.69, 9.17) is 0 Å². The van der Waals surface area contributed by atoms with Crippen molar-refractivity contribution in [2.24, 2.45) is 0 Å². The average molecular weight is 265 g/mol. The second kappa shape index (κ2) is 8.60. The molecule has 1 N–H and O–H groups in total. The summed E-state index contributed by atoms with van der Waals surface area (Å²) in [5.74, 6) is 1.23. The summed E-state index contributed by atoms with van der Waals surface area (Å²) in [6.07, 6.45) is 3.83. The zero-order chi connectivity index (χ0) is 13.4. The Kier molecular flexibility index (Phi) is 7.45. The molecule has 1 nitrogen and oxygen atoms in total. The van der Waals surface area contributed by atoms with Gasteiger partial charge in [0.1, 0.15) is 0 Å². The molecule has 2 heteroatoms. The van der Waals surface area contributed by atoms with Gasteiger partial charge < -0.3 is 5.32 Å². The lowest BCUT2D eigenvalue weighted by molar-refractivity contribution is 0.477. The molecule has 0 aromatic heterocycles. The molecule has 0 spiro atoms. The molecular weight excluding hydrogens is 238 g/mol. The minimum absolute atomic E-state index is 0.703. The van der Waals surface area contributed by atoms with Crippen LogP contribution in [0.2, 0.25) is 0 Å². The van der Waals surface area contributed by atoms with Crippen LogP contribution in [-0.2, 0) is 0 Å². The van der Waals surface area contributed by atoms with Crippen molar-refractivity contribution in [3.05, 3.63) is 29.3 Å². The van der Waals surface area contributed by atoms with E-state index in [0.29, 0.717) is 6.04 Å². The molecule has 0 saturated heterocycles. The van der Waals surface area contributed by atoms with Crippen molar-refractivity contribution in [1.29, 1.82) is 0 Å². The first-order valence-corrected chi connectivity index (χ1v) is 8.09. The molecule has 0 aliphatic rings. The van der Waals surface area contributed by atoms with E-state index in [9.17, 15) is 0 Å². The van der Waals surface area contributed by atoms with Crippen LogP contribution in [0.25, 0.3) is 0 Å². The molecule has 0 aliphatic carbocycles. The van der Waals surface area contributed by atoms with Gasteiger partial charge in [-0.2, -0.15) is 0 Å². The second-order valence-electron chi connectivity index (χ2n) is 4.92. The Balaban J connectivity index is 2.29. The van der Waals surface area contributed by atoms with Crippen molar-refractivity contribution < 1.29 is 0 Å². The molecule has 0 saturated carbocycles. The van der Waals surface area contributed by atoms with Crippen LogP contribution in [-0.4, -0.2) is 18.3 Å². The number of aryl methyl sites for hydroxylation is 2. The first kappa shape index (κ1) is 15.6. The SMILES string of the molecule is CCNC(CC)CCCSc1ccc(C)cc1C. The molecule has 0 radical (unpaired) electrons. The van der Waals surface area contributed by atoms with Crippen molar-refractivity contribution in [1.82, 2.24) is 5.32 Å². The van der Waals surface area contributed by atoms with E-state index in [1.165, 1.54) is 41.0 Å². The predicted molar refractivity (Wildman–Crippen MR) is 83.6 cm³/mol. The summed E-state index contributed by atoms with van der Waals surface area (Å²) >= 11 is 2.00. The van der Waals surface area contributed by atoms with E-state index in [1.54, 1.807) is 0 Å². The van der Waals surface area contributed by atoms with Gasteiger partial charge in [-0.25, -0.2) is 0 Å². The molecule has 0 heterocycles. The summed E-state index contributed by atoms with van der Waals surface area (Å²) in [6.45, 7) is 9.91. The summed E-state index contributed by atoms with van der Waals surface area (Å²) in [6, 6.07) is 7.45. The molecule has 1 atom stereocenters. The van der Waals surface area contributed by atoms with E-state index in [-0.39, 0.29) is 0 Å². The van der Waals surface area contributed by atoms with E-state index in [0.717, 1.165) is 6.54 Å². The summed E-state index contributed by atoms with van der Waals surface area (Å²) in [4.78, 5) is 1.44. The highest BCUT2D eigenvalue weighted by atomic mass is 32.2. The van der Waals surface area contributed by atoms with Gasteiger partial charge in [-0.05, 0) is 57.0 Å². The number of benzene rings is 1. The molecule has 0 amide bonds. The standard InChI is InChI=1S/C16H27NS/c1-5-15(17-6-2)8-7-11-18-16-10-9-13(3)12-14(16)4/h9-10,12,15,17H,5-8,11H2,1-4H3. The highest BCUT2D eigenvalue weighted by Crippen LogP contribution is 2.24. The van der Waals surface area contributed by atoms with Crippen molar-refractivity contribution in [2.75, 3.05) is 12.3 Å². The maximum Gasteiger partial charge on any atom is 0.0101 e. The van der Waals surface area contributed by atoms with Crippen LogP contribution in [0, 0.1) is 13.8 Å². The number of rotatable bonds is 8. The molecule has 1 aromatic carbocycles. The van der Waals surface area contributed by atoms with Gasteiger partial charge in [-0.1, -0.05) is 31.5 Å². The summed E-state index contributed by atoms with van der Waals surface area (Å²) < 4.78 is 0. The number of hydrogen-bond donors (Lipinski definition) is 1. The van der Waals surface area contributed by atoms with Gasteiger partial charge in [0.15, 0.2) is 0 Å². The van der Waals surface area contributed by atoms with Crippen LogP contribution in [0.3, 0.4) is 0 Å². The van der Waals surface area contributed by atoms with Crippen LogP contribution < -0.4 is 5.32 Å². The van der Waals surface area contributed by atoms with Crippen LogP contribution >= 0.6 is 11.8 Å². The number of thioether (sulfide) groups is 1. The Morgan fingerprint density at radius 1 is 1.22 bits per heavy atom. The van der Waals surface area contributed by atoms with Crippen LogP contribution in [0.4, 0.5) is 0 Å².